The summed E-state index contributed by atoms with van der Waals surface area (Å²) in [5.41, 5.74) is 0. The van der Waals surface area contributed by atoms with Crippen molar-refractivity contribution >= 4 is 26.0 Å². The Hall–Kier alpha value is -0.630. The number of nitrogens with zero attached hydrogens (tertiary/aromatic N) is 1. The van der Waals surface area contributed by atoms with Gasteiger partial charge in [0.05, 0.1) is 6.54 Å². The number of rotatable bonds is 9. The Morgan fingerprint density at radius 3 is 2.86 bits per heavy atom. The van der Waals surface area contributed by atoms with Gasteiger partial charge in [0.2, 0.25) is 10.0 Å². The highest BCUT2D eigenvalue weighted by Crippen LogP contribution is 2.29. The molecule has 21 heavy (non-hydrogen) atoms. The van der Waals surface area contributed by atoms with Crippen molar-refractivity contribution in [3.05, 3.63) is 29.2 Å². The molecule has 0 spiro atoms. The van der Waals surface area contributed by atoms with Crippen LogP contribution in [0.2, 0.25) is 0 Å². The van der Waals surface area contributed by atoms with Crippen molar-refractivity contribution in [2.24, 2.45) is 0 Å². The standard InChI is InChI=1S/C14H21BrN2O3S/c1-3-7-17(8-4-2)21(18,19)13-9-12(20-14(13)15)10-16-11-5-6-11/h3,9,11,16H,1,4-8,10H2,2H3. The normalized spacial score (nSPS) is 15.6. The van der Waals surface area contributed by atoms with Crippen molar-refractivity contribution in [3.63, 3.8) is 0 Å². The van der Waals surface area contributed by atoms with Crippen LogP contribution in [-0.4, -0.2) is 31.9 Å². The van der Waals surface area contributed by atoms with Gasteiger partial charge in [-0.25, -0.2) is 8.42 Å². The topological polar surface area (TPSA) is 62.6 Å². The van der Waals surface area contributed by atoms with Crippen molar-refractivity contribution in [3.8, 4) is 0 Å². The van der Waals surface area contributed by atoms with Crippen molar-refractivity contribution in [2.75, 3.05) is 13.1 Å². The minimum atomic E-state index is -3.56. The summed E-state index contributed by atoms with van der Waals surface area (Å²) < 4.78 is 32.5. The van der Waals surface area contributed by atoms with Crippen LogP contribution in [0.5, 0.6) is 0 Å². The second-order valence-electron chi connectivity index (χ2n) is 5.16. The average molecular weight is 377 g/mol. The van der Waals surface area contributed by atoms with Gasteiger partial charge >= 0.3 is 0 Å². The van der Waals surface area contributed by atoms with Crippen LogP contribution < -0.4 is 5.32 Å². The van der Waals surface area contributed by atoms with Gasteiger partial charge in [-0.15, -0.1) is 6.58 Å². The summed E-state index contributed by atoms with van der Waals surface area (Å²) in [6.45, 7) is 6.87. The fourth-order valence-electron chi connectivity index (χ4n) is 2.04. The third-order valence-corrected chi connectivity index (χ3v) is 5.99. The van der Waals surface area contributed by atoms with Gasteiger partial charge in [0.25, 0.3) is 0 Å². The molecule has 0 aromatic carbocycles. The lowest BCUT2D eigenvalue weighted by atomic mass is 10.4. The van der Waals surface area contributed by atoms with Crippen LogP contribution >= 0.6 is 15.9 Å². The molecule has 1 heterocycles. The van der Waals surface area contributed by atoms with E-state index in [1.54, 1.807) is 12.1 Å². The molecule has 1 aromatic rings. The van der Waals surface area contributed by atoms with E-state index in [-0.39, 0.29) is 9.56 Å². The fourth-order valence-corrected chi connectivity index (χ4v) is 4.50. The number of halogens is 1. The predicted molar refractivity (Wildman–Crippen MR) is 85.5 cm³/mol. The molecule has 0 atom stereocenters. The van der Waals surface area contributed by atoms with E-state index < -0.39 is 10.0 Å². The maximum Gasteiger partial charge on any atom is 0.247 e. The second-order valence-corrected chi connectivity index (χ2v) is 7.78. The van der Waals surface area contributed by atoms with Crippen molar-refractivity contribution in [2.45, 2.75) is 43.7 Å². The molecule has 1 aliphatic carbocycles. The first-order valence-corrected chi connectivity index (χ1v) is 9.35. The van der Waals surface area contributed by atoms with E-state index in [2.05, 4.69) is 27.8 Å². The summed E-state index contributed by atoms with van der Waals surface area (Å²) in [5, 5.41) is 3.31. The molecule has 7 heteroatoms. The van der Waals surface area contributed by atoms with Crippen LogP contribution in [0.15, 0.2) is 32.7 Å². The van der Waals surface area contributed by atoms with Crippen molar-refractivity contribution < 1.29 is 12.8 Å². The average Bonchev–Trinajstić information content (AvgIpc) is 3.18. The van der Waals surface area contributed by atoms with Crippen molar-refractivity contribution in [1.82, 2.24) is 9.62 Å². The van der Waals surface area contributed by atoms with Gasteiger partial charge in [0, 0.05) is 25.2 Å². The SMILES string of the molecule is C=CCN(CCC)S(=O)(=O)c1cc(CNC2CC2)oc1Br. The largest absolute Gasteiger partial charge is 0.452 e. The molecule has 0 bridgehead atoms. The molecule has 118 valence electrons. The Morgan fingerprint density at radius 1 is 1.57 bits per heavy atom. The van der Waals surface area contributed by atoms with E-state index in [0.717, 1.165) is 6.42 Å². The van der Waals surface area contributed by atoms with Gasteiger partial charge in [0.1, 0.15) is 10.7 Å². The molecular weight excluding hydrogens is 356 g/mol. The highest BCUT2D eigenvalue weighted by atomic mass is 79.9. The van der Waals surface area contributed by atoms with Gasteiger partial charge in [0.15, 0.2) is 4.67 Å². The van der Waals surface area contributed by atoms with Crippen LogP contribution in [0.4, 0.5) is 0 Å². The van der Waals surface area contributed by atoms with E-state index in [1.807, 2.05) is 6.92 Å². The van der Waals surface area contributed by atoms with E-state index in [0.29, 0.717) is 31.4 Å². The zero-order chi connectivity index (χ0) is 15.5. The molecule has 1 fully saturated rings. The van der Waals surface area contributed by atoms with Gasteiger partial charge in [-0.05, 0) is 35.2 Å². The molecule has 5 nitrogen and oxygen atoms in total. The second kappa shape index (κ2) is 7.09. The summed E-state index contributed by atoms with van der Waals surface area (Å²) in [6, 6.07) is 2.15. The van der Waals surface area contributed by atoms with E-state index in [1.165, 1.54) is 17.1 Å². The van der Waals surface area contributed by atoms with Crippen LogP contribution in [-0.2, 0) is 16.6 Å². The highest BCUT2D eigenvalue weighted by molar-refractivity contribution is 9.10. The number of hydrogen-bond donors (Lipinski definition) is 1. The number of furan rings is 1. The first-order valence-electron chi connectivity index (χ1n) is 7.11. The Morgan fingerprint density at radius 2 is 2.29 bits per heavy atom. The lowest BCUT2D eigenvalue weighted by Gasteiger charge is -2.19. The molecule has 0 aliphatic heterocycles. The van der Waals surface area contributed by atoms with Gasteiger partial charge in [-0.3, -0.25) is 0 Å². The van der Waals surface area contributed by atoms with Crippen LogP contribution in [0.25, 0.3) is 0 Å². The Bertz CT molecular complexity index is 593. The van der Waals surface area contributed by atoms with Crippen molar-refractivity contribution in [1.29, 1.82) is 0 Å². The maximum absolute atomic E-state index is 12.7. The molecule has 0 radical (unpaired) electrons. The fraction of sp³-hybridized carbons (Fsp3) is 0.571. The van der Waals surface area contributed by atoms with E-state index in [9.17, 15) is 8.42 Å². The molecule has 1 saturated carbocycles. The number of hydrogen-bond acceptors (Lipinski definition) is 4. The summed E-state index contributed by atoms with van der Waals surface area (Å²) in [7, 11) is -3.56. The van der Waals surface area contributed by atoms with E-state index in [4.69, 9.17) is 4.42 Å². The van der Waals surface area contributed by atoms with Crippen LogP contribution in [0.3, 0.4) is 0 Å². The first-order chi connectivity index (χ1) is 9.98. The monoisotopic (exact) mass is 376 g/mol. The summed E-state index contributed by atoms with van der Waals surface area (Å²) in [6.07, 6.45) is 4.70. The number of nitrogens with one attached hydrogen (secondary N) is 1. The molecule has 1 aromatic heterocycles. The molecule has 1 N–H and O–H groups in total. The van der Waals surface area contributed by atoms with Gasteiger partial charge in [-0.2, -0.15) is 4.31 Å². The lowest BCUT2D eigenvalue weighted by molar-refractivity contribution is 0.435. The summed E-state index contributed by atoms with van der Waals surface area (Å²) >= 11 is 3.22. The van der Waals surface area contributed by atoms with Crippen LogP contribution in [0, 0.1) is 0 Å². The lowest BCUT2D eigenvalue weighted by Crippen LogP contribution is -2.32. The third kappa shape index (κ3) is 4.18. The molecular formula is C14H21BrN2O3S. The van der Waals surface area contributed by atoms with E-state index >= 15 is 0 Å². The Balaban J connectivity index is 2.18. The summed E-state index contributed by atoms with van der Waals surface area (Å²) in [5.74, 6) is 0.627. The molecule has 0 unspecified atom stereocenters. The smallest absolute Gasteiger partial charge is 0.247 e. The Kier molecular flexibility index (Phi) is 5.65. The minimum absolute atomic E-state index is 0.186. The zero-order valence-electron chi connectivity index (χ0n) is 12.1. The first kappa shape index (κ1) is 16.7. The highest BCUT2D eigenvalue weighted by Gasteiger charge is 2.29. The predicted octanol–water partition coefficient (Wildman–Crippen LogP) is 2.88. The molecule has 0 amide bonds. The minimum Gasteiger partial charge on any atom is -0.452 e. The quantitative estimate of drug-likeness (QED) is 0.673. The number of sulfonamides is 1. The molecule has 1 aliphatic rings. The molecule has 2 rings (SSSR count). The van der Waals surface area contributed by atoms with Gasteiger partial charge in [-0.1, -0.05) is 13.0 Å². The Labute approximate surface area is 134 Å². The maximum atomic E-state index is 12.7. The molecule has 0 saturated heterocycles. The zero-order valence-corrected chi connectivity index (χ0v) is 14.5. The summed E-state index contributed by atoms with van der Waals surface area (Å²) in [4.78, 5) is 0.186. The third-order valence-electron chi connectivity index (χ3n) is 3.27. The van der Waals surface area contributed by atoms with Crippen LogP contribution in [0.1, 0.15) is 31.9 Å². The van der Waals surface area contributed by atoms with Gasteiger partial charge < -0.3 is 9.73 Å².